The lowest BCUT2D eigenvalue weighted by Gasteiger charge is -2.40. The topological polar surface area (TPSA) is 67.6 Å². The molecular weight excluding hydrogens is 467 g/mol. The van der Waals surface area contributed by atoms with Gasteiger partial charge in [0.05, 0.1) is 32.0 Å². The molecule has 0 aliphatic carbocycles. The lowest BCUT2D eigenvalue weighted by Crippen LogP contribution is -3.00. The van der Waals surface area contributed by atoms with E-state index in [1.54, 1.807) is 0 Å². The number of anilines is 2. The Morgan fingerprint density at radius 3 is 2.16 bits per heavy atom. The molecule has 2 unspecified atom stereocenters. The van der Waals surface area contributed by atoms with Crippen molar-refractivity contribution in [2.24, 2.45) is 11.7 Å². The van der Waals surface area contributed by atoms with Gasteiger partial charge in [0, 0.05) is 16.3 Å². The van der Waals surface area contributed by atoms with Gasteiger partial charge in [-0.1, -0.05) is 43.0 Å². The minimum atomic E-state index is -0.390. The van der Waals surface area contributed by atoms with Gasteiger partial charge in [0.15, 0.2) is 0 Å². The van der Waals surface area contributed by atoms with Crippen LogP contribution in [0.4, 0.5) is 16.2 Å². The van der Waals surface area contributed by atoms with Crippen molar-refractivity contribution in [2.75, 3.05) is 45.4 Å². The first-order valence-electron chi connectivity index (χ1n) is 10.4. The van der Waals surface area contributed by atoms with Gasteiger partial charge in [0.25, 0.3) is 0 Å². The molecule has 178 valence electrons. The second-order valence-electron chi connectivity index (χ2n) is 8.56. The molecule has 0 saturated heterocycles. The van der Waals surface area contributed by atoms with Gasteiger partial charge in [-0.2, -0.15) is 0 Å². The molecule has 3 rings (SSSR count). The summed E-state index contributed by atoms with van der Waals surface area (Å²) in [6, 6.07) is 17.2. The first-order chi connectivity index (χ1) is 14.3. The van der Waals surface area contributed by atoms with Gasteiger partial charge in [-0.15, -0.1) is 12.4 Å². The molecule has 1 amide bonds. The SMILES string of the molecule is CC(CN)CNC(=O)OC[N+](C)(C)C(C)CN1c2ccccc2Sc2ccccc21.Cl.[Cl-]. The van der Waals surface area contributed by atoms with Crippen molar-refractivity contribution in [3.05, 3.63) is 48.5 Å². The number of alkyl carbamates (subject to hydrolysis) is 1. The Hall–Kier alpha value is -1.64. The van der Waals surface area contributed by atoms with E-state index < -0.39 is 6.09 Å². The zero-order chi connectivity index (χ0) is 21.7. The number of para-hydroxylation sites is 2. The summed E-state index contributed by atoms with van der Waals surface area (Å²) >= 11 is 1.81. The highest BCUT2D eigenvalue weighted by atomic mass is 35.5. The molecule has 2 atom stereocenters. The van der Waals surface area contributed by atoms with E-state index in [2.05, 4.69) is 79.8 Å². The summed E-state index contributed by atoms with van der Waals surface area (Å²) in [6.07, 6.45) is -0.390. The maximum atomic E-state index is 12.1. The lowest BCUT2D eigenvalue weighted by molar-refractivity contribution is -0.927. The van der Waals surface area contributed by atoms with Crippen molar-refractivity contribution in [1.29, 1.82) is 0 Å². The quantitative estimate of drug-likeness (QED) is 0.424. The van der Waals surface area contributed by atoms with Gasteiger partial charge in [-0.05, 0) is 43.7 Å². The number of nitrogens with zero attached hydrogens (tertiary/aromatic N) is 2. The highest BCUT2D eigenvalue weighted by Crippen LogP contribution is 2.47. The summed E-state index contributed by atoms with van der Waals surface area (Å²) in [6.45, 7) is 6.37. The van der Waals surface area contributed by atoms with Crippen LogP contribution >= 0.6 is 24.2 Å². The Balaban J connectivity index is 0.00000256. The lowest BCUT2D eigenvalue weighted by atomic mass is 10.1. The number of nitrogens with one attached hydrogen (secondary N) is 1. The van der Waals surface area contributed by atoms with E-state index in [0.29, 0.717) is 24.3 Å². The molecule has 0 aromatic heterocycles. The van der Waals surface area contributed by atoms with Crippen LogP contribution in [0.5, 0.6) is 0 Å². The number of likely N-dealkylation sites (N-methyl/N-ethyl adjacent to an activating group) is 1. The minimum Gasteiger partial charge on any atom is -1.00 e. The van der Waals surface area contributed by atoms with Crippen molar-refractivity contribution >= 4 is 41.6 Å². The molecule has 1 aliphatic heterocycles. The van der Waals surface area contributed by atoms with E-state index >= 15 is 0 Å². The summed E-state index contributed by atoms with van der Waals surface area (Å²) in [7, 11) is 4.19. The van der Waals surface area contributed by atoms with Crippen LogP contribution in [0.1, 0.15) is 13.8 Å². The summed E-state index contributed by atoms with van der Waals surface area (Å²) in [5.41, 5.74) is 8.05. The number of carbonyl (C=O) groups is 1. The maximum Gasteiger partial charge on any atom is 0.411 e. The second-order valence-corrected chi connectivity index (χ2v) is 9.64. The molecule has 2 aromatic rings. The summed E-state index contributed by atoms with van der Waals surface area (Å²) < 4.78 is 6.07. The highest BCUT2D eigenvalue weighted by Gasteiger charge is 2.31. The monoisotopic (exact) mass is 500 g/mol. The fourth-order valence-corrected chi connectivity index (χ4v) is 4.30. The first kappa shape index (κ1) is 28.4. The number of halogens is 2. The van der Waals surface area contributed by atoms with Crippen LogP contribution in [0.2, 0.25) is 0 Å². The third-order valence-electron chi connectivity index (χ3n) is 5.70. The Morgan fingerprint density at radius 1 is 1.09 bits per heavy atom. The van der Waals surface area contributed by atoms with Gasteiger partial charge in [0.2, 0.25) is 6.73 Å². The van der Waals surface area contributed by atoms with Crippen LogP contribution in [-0.2, 0) is 4.74 Å². The number of fused-ring (bicyclic) bond motifs is 2. The number of benzene rings is 2. The molecule has 0 fully saturated rings. The number of quaternary nitrogens is 1. The average molecular weight is 502 g/mol. The van der Waals surface area contributed by atoms with E-state index in [9.17, 15) is 4.79 Å². The normalized spacial score (nSPS) is 14.1. The Labute approximate surface area is 208 Å². The van der Waals surface area contributed by atoms with Crippen LogP contribution in [-0.4, -0.2) is 57.1 Å². The Morgan fingerprint density at radius 2 is 1.62 bits per heavy atom. The van der Waals surface area contributed by atoms with Crippen LogP contribution in [0.3, 0.4) is 0 Å². The van der Waals surface area contributed by atoms with Crippen LogP contribution in [0, 0.1) is 5.92 Å². The van der Waals surface area contributed by atoms with Crippen LogP contribution in [0.15, 0.2) is 58.3 Å². The van der Waals surface area contributed by atoms with E-state index in [0.717, 1.165) is 6.54 Å². The molecule has 1 aliphatic rings. The van der Waals surface area contributed by atoms with E-state index in [1.165, 1.54) is 21.2 Å². The molecule has 32 heavy (non-hydrogen) atoms. The van der Waals surface area contributed by atoms with Crippen molar-refractivity contribution in [2.45, 2.75) is 29.7 Å². The first-order valence-corrected chi connectivity index (χ1v) is 11.2. The predicted octanol–water partition coefficient (Wildman–Crippen LogP) is 1.46. The van der Waals surface area contributed by atoms with Crippen molar-refractivity contribution in [3.8, 4) is 0 Å². The maximum absolute atomic E-state index is 12.1. The van der Waals surface area contributed by atoms with Gasteiger partial charge in [0.1, 0.15) is 6.04 Å². The third-order valence-corrected chi connectivity index (χ3v) is 6.83. The fraction of sp³-hybridized carbons (Fsp3) is 0.435. The number of ether oxygens (including phenoxy) is 1. The molecular formula is C23H34Cl2N4O2S. The molecule has 0 saturated carbocycles. The Bertz CT molecular complexity index is 839. The molecule has 6 nitrogen and oxygen atoms in total. The van der Waals surface area contributed by atoms with Crippen molar-refractivity contribution in [1.82, 2.24) is 5.32 Å². The van der Waals surface area contributed by atoms with E-state index in [4.69, 9.17) is 10.5 Å². The zero-order valence-electron chi connectivity index (χ0n) is 19.1. The number of nitrogens with two attached hydrogens (primary N) is 1. The molecule has 0 bridgehead atoms. The molecule has 1 heterocycles. The largest absolute Gasteiger partial charge is 1.00 e. The van der Waals surface area contributed by atoms with Gasteiger partial charge >= 0.3 is 6.09 Å². The highest BCUT2D eigenvalue weighted by molar-refractivity contribution is 7.99. The number of hydrogen-bond donors (Lipinski definition) is 2. The van der Waals surface area contributed by atoms with Gasteiger partial charge in [-0.25, -0.2) is 4.79 Å². The molecule has 3 N–H and O–H groups in total. The summed E-state index contributed by atoms with van der Waals surface area (Å²) in [5, 5.41) is 2.79. The van der Waals surface area contributed by atoms with Crippen LogP contribution < -0.4 is 28.4 Å². The second kappa shape index (κ2) is 12.6. The standard InChI is InChI=1S/C23H32N4O2S.2ClH/c1-17(13-24)14-25-23(28)29-16-27(3,4)18(2)15-26-19-9-5-7-11-21(19)30-22-12-8-6-10-20(22)26;;/h5-12,17-18H,13-16,24H2,1-4H3;2*1H. The van der Waals surface area contributed by atoms with Crippen molar-refractivity contribution < 1.29 is 26.4 Å². The summed E-state index contributed by atoms with van der Waals surface area (Å²) in [5.74, 6) is 0.232. The third kappa shape index (κ3) is 6.93. The smallest absolute Gasteiger partial charge is 0.411 e. The minimum absolute atomic E-state index is 0. The van der Waals surface area contributed by atoms with Gasteiger partial charge in [-0.3, -0.25) is 4.48 Å². The predicted molar refractivity (Wildman–Crippen MR) is 130 cm³/mol. The molecule has 0 spiro atoms. The molecule has 9 heteroatoms. The Kier molecular flexibility index (Phi) is 11.1. The number of rotatable bonds is 8. The zero-order valence-corrected chi connectivity index (χ0v) is 21.5. The van der Waals surface area contributed by atoms with Gasteiger partial charge < -0.3 is 33.1 Å². The van der Waals surface area contributed by atoms with E-state index in [1.807, 2.05) is 18.7 Å². The fourth-order valence-electron chi connectivity index (χ4n) is 3.21. The average Bonchev–Trinajstić information content (AvgIpc) is 2.75. The number of amides is 1. The van der Waals surface area contributed by atoms with Crippen molar-refractivity contribution in [3.63, 3.8) is 0 Å². The number of hydrogen-bond acceptors (Lipinski definition) is 5. The molecule has 2 aromatic carbocycles. The van der Waals surface area contributed by atoms with Crippen LogP contribution in [0.25, 0.3) is 0 Å². The molecule has 0 radical (unpaired) electrons. The number of carbonyl (C=O) groups excluding carboxylic acids is 1. The van der Waals surface area contributed by atoms with E-state index in [-0.39, 0.29) is 36.8 Å². The summed E-state index contributed by atoms with van der Waals surface area (Å²) in [4.78, 5) is 17.0.